The highest BCUT2D eigenvalue weighted by Gasteiger charge is 2.15. The van der Waals surface area contributed by atoms with Crippen molar-refractivity contribution in [2.45, 2.75) is 4.90 Å². The first-order valence-corrected chi connectivity index (χ1v) is 8.50. The highest BCUT2D eigenvalue weighted by molar-refractivity contribution is 7.98. The number of carbonyl (C=O) groups excluding carboxylic acids is 2. The molecule has 0 aliphatic carbocycles. The van der Waals surface area contributed by atoms with Gasteiger partial charge in [-0.05, 0) is 36.6 Å². The molecule has 1 N–H and O–H groups in total. The van der Waals surface area contributed by atoms with Crippen molar-refractivity contribution in [3.63, 3.8) is 0 Å². The van der Waals surface area contributed by atoms with Crippen LogP contribution in [0.3, 0.4) is 0 Å². The molecule has 2 amide bonds. The van der Waals surface area contributed by atoms with Crippen LogP contribution in [-0.4, -0.2) is 37.1 Å². The van der Waals surface area contributed by atoms with Crippen LogP contribution in [0.15, 0.2) is 47.4 Å². The van der Waals surface area contributed by atoms with Gasteiger partial charge < -0.3 is 10.2 Å². The Kier molecular flexibility index (Phi) is 5.69. The summed E-state index contributed by atoms with van der Waals surface area (Å²) in [5.74, 6) is -0.409. The van der Waals surface area contributed by atoms with Gasteiger partial charge >= 0.3 is 0 Å². The summed E-state index contributed by atoms with van der Waals surface area (Å²) < 4.78 is 0. The van der Waals surface area contributed by atoms with Crippen molar-refractivity contribution >= 4 is 40.9 Å². The molecule has 0 bridgehead atoms. The number of carbonyl (C=O) groups is 2. The molecule has 0 fully saturated rings. The number of hydrogen-bond acceptors (Lipinski definition) is 3. The number of amides is 2. The second kappa shape index (κ2) is 7.53. The van der Waals surface area contributed by atoms with Gasteiger partial charge in [0.1, 0.15) is 0 Å². The largest absolute Gasteiger partial charge is 0.345 e. The lowest BCUT2D eigenvalue weighted by Crippen LogP contribution is -2.22. The Hall–Kier alpha value is -1.98. The maximum atomic E-state index is 12.5. The topological polar surface area (TPSA) is 49.4 Å². The van der Waals surface area contributed by atoms with E-state index in [4.69, 9.17) is 11.6 Å². The summed E-state index contributed by atoms with van der Waals surface area (Å²) in [4.78, 5) is 26.9. The Morgan fingerprint density at radius 2 is 1.83 bits per heavy atom. The standard InChI is InChI=1S/C17H17ClN2O2S/c1-20(2)17(22)11-8-9-13(18)14(10-11)19-16(21)12-6-4-5-7-15(12)23-3/h4-10H,1-3H3,(H,19,21). The van der Waals surface area contributed by atoms with Crippen molar-refractivity contribution in [3.05, 3.63) is 58.6 Å². The molecule has 0 aliphatic rings. The minimum atomic E-state index is -0.258. The molecular formula is C17H17ClN2O2S. The lowest BCUT2D eigenvalue weighted by atomic mass is 10.1. The smallest absolute Gasteiger partial charge is 0.256 e. The van der Waals surface area contributed by atoms with Crippen LogP contribution >= 0.6 is 23.4 Å². The van der Waals surface area contributed by atoms with E-state index in [9.17, 15) is 9.59 Å². The fourth-order valence-corrected chi connectivity index (χ4v) is 2.79. The van der Waals surface area contributed by atoms with E-state index in [0.29, 0.717) is 21.8 Å². The third-order valence-corrected chi connectivity index (χ3v) is 4.34. The third-order valence-electron chi connectivity index (χ3n) is 3.22. The number of hydrogen-bond donors (Lipinski definition) is 1. The van der Waals surface area contributed by atoms with Crippen LogP contribution in [0.4, 0.5) is 5.69 Å². The summed E-state index contributed by atoms with van der Waals surface area (Å²) in [5.41, 5.74) is 1.45. The minimum Gasteiger partial charge on any atom is -0.345 e. The molecule has 2 aromatic carbocycles. The molecule has 0 saturated carbocycles. The van der Waals surface area contributed by atoms with Crippen molar-refractivity contribution in [3.8, 4) is 0 Å². The quantitative estimate of drug-likeness (QED) is 0.849. The Balaban J connectivity index is 2.30. The fraction of sp³-hybridized carbons (Fsp3) is 0.176. The first kappa shape index (κ1) is 17.4. The van der Waals surface area contributed by atoms with Crippen LogP contribution in [0.25, 0.3) is 0 Å². The maximum absolute atomic E-state index is 12.5. The third kappa shape index (κ3) is 4.06. The van der Waals surface area contributed by atoms with E-state index in [1.54, 1.807) is 38.4 Å². The fourth-order valence-electron chi connectivity index (χ4n) is 2.03. The van der Waals surface area contributed by atoms with Crippen LogP contribution in [0.5, 0.6) is 0 Å². The summed E-state index contributed by atoms with van der Waals surface area (Å²) in [7, 11) is 3.34. The zero-order valence-electron chi connectivity index (χ0n) is 13.1. The molecule has 120 valence electrons. The SMILES string of the molecule is CSc1ccccc1C(=O)Nc1cc(C(=O)N(C)C)ccc1Cl. The Morgan fingerprint density at radius 3 is 2.48 bits per heavy atom. The number of anilines is 1. The van der Waals surface area contributed by atoms with Gasteiger partial charge in [-0.1, -0.05) is 23.7 Å². The molecule has 6 heteroatoms. The summed E-state index contributed by atoms with van der Waals surface area (Å²) in [5, 5.41) is 3.16. The van der Waals surface area contributed by atoms with Crippen molar-refractivity contribution in [1.82, 2.24) is 4.90 Å². The monoisotopic (exact) mass is 348 g/mol. The molecule has 0 atom stereocenters. The zero-order valence-corrected chi connectivity index (χ0v) is 14.7. The maximum Gasteiger partial charge on any atom is 0.256 e. The first-order valence-electron chi connectivity index (χ1n) is 6.89. The Labute approximate surface area is 144 Å². The van der Waals surface area contributed by atoms with E-state index in [-0.39, 0.29) is 11.8 Å². The van der Waals surface area contributed by atoms with Gasteiger partial charge in [-0.25, -0.2) is 0 Å². The van der Waals surface area contributed by atoms with Gasteiger partial charge in [-0.2, -0.15) is 0 Å². The van der Waals surface area contributed by atoms with E-state index in [2.05, 4.69) is 5.32 Å². The number of benzene rings is 2. The summed E-state index contributed by atoms with van der Waals surface area (Å²) in [6.07, 6.45) is 1.91. The van der Waals surface area contributed by atoms with Crippen molar-refractivity contribution in [1.29, 1.82) is 0 Å². The van der Waals surface area contributed by atoms with Crippen molar-refractivity contribution < 1.29 is 9.59 Å². The Morgan fingerprint density at radius 1 is 1.13 bits per heavy atom. The predicted molar refractivity (Wildman–Crippen MR) is 95.6 cm³/mol. The van der Waals surface area contributed by atoms with Gasteiger partial charge in [0.2, 0.25) is 0 Å². The van der Waals surface area contributed by atoms with Crippen LogP contribution in [0.1, 0.15) is 20.7 Å². The van der Waals surface area contributed by atoms with Gasteiger partial charge in [0.05, 0.1) is 16.3 Å². The van der Waals surface area contributed by atoms with E-state index >= 15 is 0 Å². The van der Waals surface area contributed by atoms with Crippen molar-refractivity contribution in [2.24, 2.45) is 0 Å². The van der Waals surface area contributed by atoms with E-state index < -0.39 is 0 Å². The Bertz CT molecular complexity index is 747. The second-order valence-corrected chi connectivity index (χ2v) is 6.30. The number of nitrogens with zero attached hydrogens (tertiary/aromatic N) is 1. The zero-order chi connectivity index (χ0) is 17.0. The highest BCUT2D eigenvalue weighted by atomic mass is 35.5. The minimum absolute atomic E-state index is 0.151. The number of thioether (sulfide) groups is 1. The second-order valence-electron chi connectivity index (χ2n) is 5.05. The van der Waals surface area contributed by atoms with Gasteiger partial charge in [0, 0.05) is 24.6 Å². The highest BCUT2D eigenvalue weighted by Crippen LogP contribution is 2.26. The molecule has 4 nitrogen and oxygen atoms in total. The number of nitrogens with one attached hydrogen (secondary N) is 1. The average molecular weight is 349 g/mol. The molecular weight excluding hydrogens is 332 g/mol. The molecule has 0 aliphatic heterocycles. The normalized spacial score (nSPS) is 10.3. The average Bonchev–Trinajstić information content (AvgIpc) is 2.55. The molecule has 23 heavy (non-hydrogen) atoms. The molecule has 0 aromatic heterocycles. The van der Waals surface area contributed by atoms with Crippen LogP contribution in [-0.2, 0) is 0 Å². The van der Waals surface area contributed by atoms with Crippen LogP contribution in [0, 0.1) is 0 Å². The van der Waals surface area contributed by atoms with Crippen molar-refractivity contribution in [2.75, 3.05) is 25.7 Å². The van der Waals surface area contributed by atoms with Crippen LogP contribution < -0.4 is 5.32 Å². The number of halogens is 1. The van der Waals surface area contributed by atoms with E-state index in [1.165, 1.54) is 16.7 Å². The van der Waals surface area contributed by atoms with Gasteiger partial charge in [0.25, 0.3) is 11.8 Å². The summed E-state index contributed by atoms with van der Waals surface area (Å²) in [6, 6.07) is 12.2. The molecule has 0 radical (unpaired) electrons. The van der Waals surface area contributed by atoms with E-state index in [1.807, 2.05) is 24.5 Å². The lowest BCUT2D eigenvalue weighted by molar-refractivity contribution is 0.0827. The molecule has 0 saturated heterocycles. The lowest BCUT2D eigenvalue weighted by Gasteiger charge is -2.13. The summed E-state index contributed by atoms with van der Waals surface area (Å²) in [6.45, 7) is 0. The van der Waals surface area contributed by atoms with E-state index in [0.717, 1.165) is 4.90 Å². The van der Waals surface area contributed by atoms with Crippen LogP contribution in [0.2, 0.25) is 5.02 Å². The molecule has 0 heterocycles. The molecule has 2 aromatic rings. The predicted octanol–water partition coefficient (Wildman–Crippen LogP) is 4.02. The van der Waals surface area contributed by atoms with Gasteiger partial charge in [-0.3, -0.25) is 9.59 Å². The number of rotatable bonds is 4. The molecule has 0 unspecified atom stereocenters. The van der Waals surface area contributed by atoms with Gasteiger partial charge in [0.15, 0.2) is 0 Å². The molecule has 0 spiro atoms. The summed E-state index contributed by atoms with van der Waals surface area (Å²) >= 11 is 7.64. The van der Waals surface area contributed by atoms with Gasteiger partial charge in [-0.15, -0.1) is 11.8 Å². The first-order chi connectivity index (χ1) is 10.9. The molecule has 2 rings (SSSR count).